The van der Waals surface area contributed by atoms with E-state index in [-0.39, 0.29) is 18.6 Å². The lowest BCUT2D eigenvalue weighted by molar-refractivity contribution is 0.0934. The van der Waals surface area contributed by atoms with Gasteiger partial charge in [0, 0.05) is 25.2 Å². The molecule has 2 aliphatic rings. The van der Waals surface area contributed by atoms with Crippen LogP contribution < -0.4 is 20.1 Å². The molecule has 17 heavy (non-hydrogen) atoms. The van der Waals surface area contributed by atoms with Crippen molar-refractivity contribution in [2.75, 3.05) is 26.4 Å². The van der Waals surface area contributed by atoms with E-state index in [0.29, 0.717) is 23.6 Å². The van der Waals surface area contributed by atoms with E-state index in [1.807, 2.05) is 0 Å². The van der Waals surface area contributed by atoms with Crippen molar-refractivity contribution in [2.45, 2.75) is 6.04 Å². The van der Waals surface area contributed by atoms with E-state index in [4.69, 9.17) is 9.47 Å². The van der Waals surface area contributed by atoms with Gasteiger partial charge in [-0.15, -0.1) is 0 Å². The highest BCUT2D eigenvalue weighted by atomic mass is 16.7. The Morgan fingerprint density at radius 3 is 2.94 bits per heavy atom. The summed E-state index contributed by atoms with van der Waals surface area (Å²) in [6.45, 7) is 2.63. The molecule has 0 saturated carbocycles. The van der Waals surface area contributed by atoms with Crippen LogP contribution in [-0.2, 0) is 0 Å². The van der Waals surface area contributed by atoms with Crippen LogP contribution in [0.3, 0.4) is 0 Å². The second-order valence-corrected chi connectivity index (χ2v) is 4.14. The van der Waals surface area contributed by atoms with Crippen molar-refractivity contribution < 1.29 is 14.3 Å². The molecular formula is C12H14N2O3. The largest absolute Gasteiger partial charge is 0.454 e. The topological polar surface area (TPSA) is 59.6 Å². The summed E-state index contributed by atoms with van der Waals surface area (Å²) in [6, 6.07) is 5.17. The van der Waals surface area contributed by atoms with Crippen molar-refractivity contribution in [3.63, 3.8) is 0 Å². The Labute approximate surface area is 99.1 Å². The molecule has 90 valence electrons. The highest BCUT2D eigenvalue weighted by Gasteiger charge is 2.23. The molecule has 0 aromatic heterocycles. The number of carbonyl (C=O) groups is 1. The van der Waals surface area contributed by atoms with Gasteiger partial charge in [-0.1, -0.05) is 0 Å². The first-order valence-corrected chi connectivity index (χ1v) is 5.72. The van der Waals surface area contributed by atoms with E-state index in [0.717, 1.165) is 13.1 Å². The van der Waals surface area contributed by atoms with Gasteiger partial charge in [0.05, 0.1) is 6.04 Å². The van der Waals surface area contributed by atoms with E-state index in [1.54, 1.807) is 18.2 Å². The number of ether oxygens (including phenoxy) is 2. The Kier molecular flexibility index (Phi) is 2.70. The number of hydrogen-bond donors (Lipinski definition) is 2. The molecule has 0 amide bonds. The number of piperazine rings is 1. The normalized spacial score (nSPS) is 22.5. The molecule has 2 N–H and O–H groups in total. The van der Waals surface area contributed by atoms with Crippen molar-refractivity contribution in [3.05, 3.63) is 23.8 Å². The predicted octanol–water partition coefficient (Wildman–Crippen LogP) is 0.159. The molecule has 5 heteroatoms. The van der Waals surface area contributed by atoms with Crippen LogP contribution in [0, 0.1) is 0 Å². The highest BCUT2D eigenvalue weighted by molar-refractivity contribution is 6.00. The minimum absolute atomic E-state index is 0.0931. The van der Waals surface area contributed by atoms with Gasteiger partial charge in [-0.2, -0.15) is 0 Å². The third-order valence-corrected chi connectivity index (χ3v) is 3.01. The Hall–Kier alpha value is -1.59. The van der Waals surface area contributed by atoms with Crippen molar-refractivity contribution in [1.82, 2.24) is 10.6 Å². The number of ketones is 1. The second kappa shape index (κ2) is 4.35. The van der Waals surface area contributed by atoms with E-state index in [2.05, 4.69) is 10.6 Å². The summed E-state index contributed by atoms with van der Waals surface area (Å²) in [5.41, 5.74) is 0.662. The molecule has 2 aliphatic heterocycles. The molecule has 1 aromatic carbocycles. The van der Waals surface area contributed by atoms with Gasteiger partial charge in [0.25, 0.3) is 0 Å². The van der Waals surface area contributed by atoms with Crippen molar-refractivity contribution >= 4 is 5.78 Å². The molecule has 0 bridgehead atoms. The molecule has 2 heterocycles. The van der Waals surface area contributed by atoms with Crippen molar-refractivity contribution in [3.8, 4) is 11.5 Å². The first kappa shape index (κ1) is 10.6. The van der Waals surface area contributed by atoms with Crippen LogP contribution in [-0.4, -0.2) is 38.3 Å². The summed E-state index contributed by atoms with van der Waals surface area (Å²) in [6.07, 6.45) is 0. The highest BCUT2D eigenvalue weighted by Crippen LogP contribution is 2.32. The maximum Gasteiger partial charge on any atom is 0.231 e. The number of Topliss-reactive ketones (excluding diaryl/α,β-unsaturated/α-hetero) is 1. The van der Waals surface area contributed by atoms with Crippen LogP contribution in [0.15, 0.2) is 18.2 Å². The van der Waals surface area contributed by atoms with Crippen molar-refractivity contribution in [1.29, 1.82) is 0 Å². The van der Waals surface area contributed by atoms with Gasteiger partial charge in [0.15, 0.2) is 17.3 Å². The summed E-state index contributed by atoms with van der Waals surface area (Å²) in [5.74, 6) is 1.45. The number of hydrogen-bond acceptors (Lipinski definition) is 5. The average molecular weight is 234 g/mol. The Morgan fingerprint density at radius 2 is 2.12 bits per heavy atom. The van der Waals surface area contributed by atoms with Crippen LogP contribution in [0.2, 0.25) is 0 Å². The van der Waals surface area contributed by atoms with Crippen molar-refractivity contribution in [2.24, 2.45) is 0 Å². The third kappa shape index (κ3) is 1.99. The first-order valence-electron chi connectivity index (χ1n) is 5.72. The Bertz CT molecular complexity index is 441. The zero-order valence-electron chi connectivity index (χ0n) is 9.36. The lowest BCUT2D eigenvalue weighted by Gasteiger charge is -2.23. The lowest BCUT2D eigenvalue weighted by Crippen LogP contribution is -2.52. The zero-order valence-corrected chi connectivity index (χ0v) is 9.36. The minimum Gasteiger partial charge on any atom is -0.454 e. The lowest BCUT2D eigenvalue weighted by atomic mass is 10.0. The molecule has 1 atom stereocenters. The zero-order chi connectivity index (χ0) is 11.7. The van der Waals surface area contributed by atoms with Crippen LogP contribution in [0.25, 0.3) is 0 Å². The van der Waals surface area contributed by atoms with E-state index in [9.17, 15) is 4.79 Å². The molecule has 5 nitrogen and oxygen atoms in total. The van der Waals surface area contributed by atoms with Gasteiger partial charge in [0.2, 0.25) is 6.79 Å². The Morgan fingerprint density at radius 1 is 1.24 bits per heavy atom. The molecular weight excluding hydrogens is 220 g/mol. The Balaban J connectivity index is 1.81. The quantitative estimate of drug-likeness (QED) is 0.714. The maximum atomic E-state index is 12.2. The van der Waals surface area contributed by atoms with E-state index in [1.165, 1.54) is 0 Å². The summed E-state index contributed by atoms with van der Waals surface area (Å²) < 4.78 is 10.5. The molecule has 0 spiro atoms. The SMILES string of the molecule is O=C(c1ccc2c(c1)OCO2)C1CNCCN1. The number of benzene rings is 1. The number of nitrogens with one attached hydrogen (secondary N) is 2. The third-order valence-electron chi connectivity index (χ3n) is 3.01. The van der Waals surface area contributed by atoms with Gasteiger partial charge in [-0.05, 0) is 18.2 Å². The van der Waals surface area contributed by atoms with E-state index >= 15 is 0 Å². The molecule has 1 unspecified atom stereocenters. The van der Waals surface area contributed by atoms with Crippen LogP contribution >= 0.6 is 0 Å². The molecule has 0 radical (unpaired) electrons. The summed E-state index contributed by atoms with van der Waals surface area (Å²) in [7, 11) is 0. The standard InChI is InChI=1S/C12H14N2O3/c15-12(9-6-13-3-4-14-9)8-1-2-10-11(5-8)17-7-16-10/h1-2,5,9,13-14H,3-4,6-7H2. The molecule has 1 saturated heterocycles. The van der Waals surface area contributed by atoms with Gasteiger partial charge < -0.3 is 20.1 Å². The van der Waals surface area contributed by atoms with E-state index < -0.39 is 0 Å². The fraction of sp³-hybridized carbons (Fsp3) is 0.417. The smallest absolute Gasteiger partial charge is 0.231 e. The van der Waals surface area contributed by atoms with Gasteiger partial charge in [-0.3, -0.25) is 4.79 Å². The molecule has 1 fully saturated rings. The first-order chi connectivity index (χ1) is 8.34. The summed E-state index contributed by atoms with van der Waals surface area (Å²) in [4.78, 5) is 12.2. The molecule has 0 aliphatic carbocycles. The fourth-order valence-corrected chi connectivity index (χ4v) is 2.09. The minimum atomic E-state index is -0.149. The maximum absolute atomic E-state index is 12.2. The van der Waals surface area contributed by atoms with Gasteiger partial charge >= 0.3 is 0 Å². The predicted molar refractivity (Wildman–Crippen MR) is 61.6 cm³/mol. The number of fused-ring (bicyclic) bond motifs is 1. The van der Waals surface area contributed by atoms with Gasteiger partial charge in [-0.25, -0.2) is 0 Å². The average Bonchev–Trinajstić information content (AvgIpc) is 2.86. The van der Waals surface area contributed by atoms with Crippen LogP contribution in [0.5, 0.6) is 11.5 Å². The van der Waals surface area contributed by atoms with Crippen LogP contribution in [0.1, 0.15) is 10.4 Å². The number of rotatable bonds is 2. The number of carbonyl (C=O) groups excluding carboxylic acids is 1. The fourth-order valence-electron chi connectivity index (χ4n) is 2.09. The second-order valence-electron chi connectivity index (χ2n) is 4.14. The summed E-state index contributed by atoms with van der Waals surface area (Å²) in [5, 5.41) is 6.40. The van der Waals surface area contributed by atoms with Gasteiger partial charge in [0.1, 0.15) is 0 Å². The summed E-state index contributed by atoms with van der Waals surface area (Å²) >= 11 is 0. The molecule has 1 aromatic rings. The molecule has 3 rings (SSSR count). The van der Waals surface area contributed by atoms with Crippen LogP contribution in [0.4, 0.5) is 0 Å². The monoisotopic (exact) mass is 234 g/mol.